The Morgan fingerprint density at radius 2 is 1.98 bits per heavy atom. The molecule has 1 amide bonds. The van der Waals surface area contributed by atoms with E-state index in [-0.39, 0.29) is 18.6 Å². The molecule has 0 unspecified atom stereocenters. The van der Waals surface area contributed by atoms with Gasteiger partial charge < -0.3 is 20.6 Å². The summed E-state index contributed by atoms with van der Waals surface area (Å²) in [5.41, 5.74) is 2.89. The van der Waals surface area contributed by atoms with E-state index in [2.05, 4.69) is 49.3 Å². The van der Waals surface area contributed by atoms with Gasteiger partial charge >= 0.3 is 0 Å². The van der Waals surface area contributed by atoms with Gasteiger partial charge in [-0.05, 0) is 49.9 Å². The number of rotatable bonds is 8. The van der Waals surface area contributed by atoms with Gasteiger partial charge in [-0.25, -0.2) is 24.3 Å². The van der Waals surface area contributed by atoms with Crippen molar-refractivity contribution in [1.29, 1.82) is 0 Å². The fourth-order valence-electron chi connectivity index (χ4n) is 4.85. The van der Waals surface area contributed by atoms with Gasteiger partial charge in [-0.15, -0.1) is 0 Å². The first kappa shape index (κ1) is 28.4. The predicted octanol–water partition coefficient (Wildman–Crippen LogP) is 3.77. The Kier molecular flexibility index (Phi) is 9.33. The number of pyridine rings is 2. The van der Waals surface area contributed by atoms with E-state index in [4.69, 9.17) is 0 Å². The predicted molar refractivity (Wildman–Crippen MR) is 157 cm³/mol. The van der Waals surface area contributed by atoms with Gasteiger partial charge in [0.2, 0.25) is 11.9 Å². The summed E-state index contributed by atoms with van der Waals surface area (Å²) in [5, 5.41) is 15.6. The highest BCUT2D eigenvalue weighted by atomic mass is 19.1. The Labute approximate surface area is 239 Å². The Hall–Kier alpha value is -4.14. The van der Waals surface area contributed by atoms with Crippen molar-refractivity contribution in [2.45, 2.75) is 51.3 Å². The minimum absolute atomic E-state index is 0.141. The first-order valence-corrected chi connectivity index (χ1v) is 14.1. The number of halogens is 1. The molecule has 2 fully saturated rings. The standard InChI is InChI=1S/C30H35FN8O2/c1-2-3-4-5-21-16-22(17-34-29(21)39-15-9-23(31)19-39)26-8-12-32-30(36-26)35-24-6-7-27(33-18-24)37-28(41)20-38-13-10-25(40)11-14-38/h6-8,12,16-18,23,25,40H,2-3,9-11,13-15,19-20H2,1H3,(H,32,35,36)(H,33,37,41)/t23-/m0/s1. The second-order valence-corrected chi connectivity index (χ2v) is 10.4. The largest absolute Gasteiger partial charge is 0.393 e. The maximum atomic E-state index is 13.9. The summed E-state index contributed by atoms with van der Waals surface area (Å²) in [5.74, 6) is 7.82. The molecule has 0 spiro atoms. The fourth-order valence-corrected chi connectivity index (χ4v) is 4.85. The fraction of sp³-hybridized carbons (Fsp3) is 0.433. The number of likely N-dealkylation sites (tertiary alicyclic amines) is 1. The number of aromatic nitrogens is 4. The number of aliphatic hydroxyl groups is 1. The number of nitrogens with one attached hydrogen (secondary N) is 2. The van der Waals surface area contributed by atoms with Crippen LogP contribution in [0.15, 0.2) is 42.9 Å². The lowest BCUT2D eigenvalue weighted by Gasteiger charge is -2.28. The Balaban J connectivity index is 1.24. The van der Waals surface area contributed by atoms with E-state index in [0.29, 0.717) is 74.4 Å². The molecule has 2 aliphatic rings. The van der Waals surface area contributed by atoms with Gasteiger partial charge in [0.05, 0.1) is 42.3 Å². The average Bonchev–Trinajstić information content (AvgIpc) is 3.41. The third kappa shape index (κ3) is 7.74. The Morgan fingerprint density at radius 3 is 2.71 bits per heavy atom. The van der Waals surface area contributed by atoms with Crippen LogP contribution in [0.2, 0.25) is 0 Å². The van der Waals surface area contributed by atoms with Gasteiger partial charge in [0, 0.05) is 44.0 Å². The molecule has 0 saturated carbocycles. The zero-order chi connectivity index (χ0) is 28.6. The van der Waals surface area contributed by atoms with Crippen molar-refractivity contribution < 1.29 is 14.3 Å². The van der Waals surface area contributed by atoms with E-state index in [9.17, 15) is 14.3 Å². The number of anilines is 4. The first-order valence-electron chi connectivity index (χ1n) is 14.1. The molecule has 0 radical (unpaired) electrons. The van der Waals surface area contributed by atoms with Crippen LogP contribution in [0.4, 0.5) is 27.7 Å². The molecule has 3 aromatic heterocycles. The normalized spacial score (nSPS) is 17.6. The number of amides is 1. The minimum Gasteiger partial charge on any atom is -0.393 e. The van der Waals surface area contributed by atoms with Crippen molar-refractivity contribution >= 4 is 29.2 Å². The number of piperidine rings is 1. The second-order valence-electron chi connectivity index (χ2n) is 10.4. The van der Waals surface area contributed by atoms with E-state index in [1.807, 2.05) is 15.9 Å². The van der Waals surface area contributed by atoms with Crippen LogP contribution in [0, 0.1) is 11.8 Å². The number of carbonyl (C=O) groups excluding carboxylic acids is 1. The summed E-state index contributed by atoms with van der Waals surface area (Å²) in [6.45, 7) is 4.71. The number of nitrogens with zero attached hydrogens (tertiary/aromatic N) is 6. The molecule has 5 heterocycles. The van der Waals surface area contributed by atoms with E-state index in [0.717, 1.165) is 24.0 Å². The molecule has 2 saturated heterocycles. The number of unbranched alkanes of at least 4 members (excludes halogenated alkanes) is 1. The van der Waals surface area contributed by atoms with Crippen LogP contribution in [0.25, 0.3) is 11.3 Å². The smallest absolute Gasteiger partial charge is 0.239 e. The lowest BCUT2D eigenvalue weighted by Crippen LogP contribution is -2.40. The maximum Gasteiger partial charge on any atom is 0.239 e. The quantitative estimate of drug-likeness (QED) is 0.355. The average molecular weight is 559 g/mol. The molecule has 41 heavy (non-hydrogen) atoms. The van der Waals surface area contributed by atoms with Gasteiger partial charge in [0.1, 0.15) is 17.8 Å². The van der Waals surface area contributed by atoms with Gasteiger partial charge in [-0.1, -0.05) is 18.8 Å². The summed E-state index contributed by atoms with van der Waals surface area (Å²) >= 11 is 0. The van der Waals surface area contributed by atoms with Crippen molar-refractivity contribution in [3.05, 3.63) is 48.4 Å². The summed E-state index contributed by atoms with van der Waals surface area (Å²) in [6, 6.07) is 7.27. The number of hydrogen-bond donors (Lipinski definition) is 3. The van der Waals surface area contributed by atoms with E-state index in [1.165, 1.54) is 0 Å². The van der Waals surface area contributed by atoms with Crippen LogP contribution in [0.5, 0.6) is 0 Å². The molecule has 10 nitrogen and oxygen atoms in total. The van der Waals surface area contributed by atoms with Gasteiger partial charge in [0.25, 0.3) is 0 Å². The summed E-state index contributed by atoms with van der Waals surface area (Å²) in [7, 11) is 0. The topological polar surface area (TPSA) is 119 Å². The zero-order valence-corrected chi connectivity index (χ0v) is 23.2. The number of carbonyl (C=O) groups is 1. The first-order chi connectivity index (χ1) is 20.0. The van der Waals surface area contributed by atoms with Crippen molar-refractivity contribution in [3.8, 4) is 23.1 Å². The number of aliphatic hydroxyl groups excluding tert-OH is 1. The molecule has 0 aromatic carbocycles. The third-order valence-electron chi connectivity index (χ3n) is 7.06. The molecule has 3 N–H and O–H groups in total. The molecule has 0 aliphatic carbocycles. The van der Waals surface area contributed by atoms with Crippen LogP contribution < -0.4 is 15.5 Å². The van der Waals surface area contributed by atoms with Crippen molar-refractivity contribution in [2.75, 3.05) is 48.3 Å². The summed E-state index contributed by atoms with van der Waals surface area (Å²) in [6.07, 6.45) is 7.49. The monoisotopic (exact) mass is 558 g/mol. The highest BCUT2D eigenvalue weighted by Gasteiger charge is 2.25. The third-order valence-corrected chi connectivity index (χ3v) is 7.06. The molecular weight excluding hydrogens is 523 g/mol. The van der Waals surface area contributed by atoms with Crippen LogP contribution >= 0.6 is 0 Å². The molecule has 0 bridgehead atoms. The van der Waals surface area contributed by atoms with Gasteiger partial charge in [-0.2, -0.15) is 0 Å². The Morgan fingerprint density at radius 1 is 1.12 bits per heavy atom. The highest BCUT2D eigenvalue weighted by molar-refractivity contribution is 5.91. The Bertz CT molecular complexity index is 1400. The number of hydrogen-bond acceptors (Lipinski definition) is 9. The molecular formula is C30H35FN8O2. The van der Waals surface area contributed by atoms with Crippen molar-refractivity contribution in [2.24, 2.45) is 0 Å². The molecule has 214 valence electrons. The molecule has 1 atom stereocenters. The molecule has 2 aliphatic heterocycles. The molecule has 3 aromatic rings. The van der Waals surface area contributed by atoms with Gasteiger partial charge in [-0.3, -0.25) is 9.69 Å². The van der Waals surface area contributed by atoms with Crippen LogP contribution in [0.3, 0.4) is 0 Å². The van der Waals surface area contributed by atoms with E-state index < -0.39 is 6.17 Å². The van der Waals surface area contributed by atoms with Crippen LogP contribution in [0.1, 0.15) is 44.6 Å². The SMILES string of the molecule is CCCC#Cc1cc(-c2ccnc(Nc3ccc(NC(=O)CN4CCC(O)CC4)nc3)n2)cnc1N1CC[C@H](F)C1. The highest BCUT2D eigenvalue weighted by Crippen LogP contribution is 2.28. The van der Waals surface area contributed by atoms with E-state index in [1.54, 1.807) is 36.8 Å². The zero-order valence-electron chi connectivity index (χ0n) is 23.2. The van der Waals surface area contributed by atoms with Crippen molar-refractivity contribution in [1.82, 2.24) is 24.8 Å². The van der Waals surface area contributed by atoms with Gasteiger partial charge in [0.15, 0.2) is 0 Å². The number of alkyl halides is 1. The van der Waals surface area contributed by atoms with Crippen LogP contribution in [-0.2, 0) is 4.79 Å². The lowest BCUT2D eigenvalue weighted by atomic mass is 10.1. The van der Waals surface area contributed by atoms with E-state index >= 15 is 0 Å². The van der Waals surface area contributed by atoms with Crippen molar-refractivity contribution in [3.63, 3.8) is 0 Å². The minimum atomic E-state index is -0.848. The summed E-state index contributed by atoms with van der Waals surface area (Å²) < 4.78 is 13.9. The molecule has 11 heteroatoms. The maximum absolute atomic E-state index is 13.9. The van der Waals surface area contributed by atoms with Crippen LogP contribution in [-0.4, -0.2) is 80.8 Å². The summed E-state index contributed by atoms with van der Waals surface area (Å²) in [4.78, 5) is 34.3. The lowest BCUT2D eigenvalue weighted by molar-refractivity contribution is -0.117. The molecule has 5 rings (SSSR count). The second kappa shape index (κ2) is 13.5.